The normalized spacial score (nSPS) is 11.2. The monoisotopic (exact) mass is 488 g/mol. The second-order valence-corrected chi connectivity index (χ2v) is 8.86. The Hall–Kier alpha value is -4.98. The van der Waals surface area contributed by atoms with Crippen molar-refractivity contribution in [2.75, 3.05) is 12.4 Å². The van der Waals surface area contributed by atoms with Crippen molar-refractivity contribution in [1.29, 1.82) is 0 Å². The number of fused-ring (bicyclic) bond motifs is 2. The number of nitrogens with zero attached hydrogens (tertiary/aromatic N) is 5. The number of aromatic nitrogens is 5. The van der Waals surface area contributed by atoms with Crippen LogP contribution in [-0.4, -0.2) is 37.2 Å². The van der Waals surface area contributed by atoms with Gasteiger partial charge in [0.05, 0.1) is 18.5 Å². The molecule has 37 heavy (non-hydrogen) atoms. The highest BCUT2D eigenvalue weighted by Gasteiger charge is 2.16. The maximum Gasteiger partial charge on any atom is 0.257 e. The highest BCUT2D eigenvalue weighted by molar-refractivity contribution is 6.04. The lowest BCUT2D eigenvalue weighted by Gasteiger charge is -2.12. The maximum absolute atomic E-state index is 13.3. The number of carbonyl (C=O) groups is 1. The van der Waals surface area contributed by atoms with Crippen molar-refractivity contribution in [2.24, 2.45) is 0 Å². The number of nitrogens with one attached hydrogen (secondary N) is 1. The first-order chi connectivity index (χ1) is 18.0. The Balaban J connectivity index is 1.34. The number of aryl methyl sites for hydroxylation is 2. The summed E-state index contributed by atoms with van der Waals surface area (Å²) in [5.74, 6) is 1.54. The van der Waals surface area contributed by atoms with Gasteiger partial charge in [0, 0.05) is 35.0 Å². The fourth-order valence-corrected chi connectivity index (χ4v) is 4.47. The van der Waals surface area contributed by atoms with Crippen molar-refractivity contribution in [3.63, 3.8) is 0 Å². The van der Waals surface area contributed by atoms with Gasteiger partial charge in [0.15, 0.2) is 5.82 Å². The summed E-state index contributed by atoms with van der Waals surface area (Å²) >= 11 is 0. The topological polar surface area (TPSA) is 86.3 Å². The smallest absolute Gasteiger partial charge is 0.257 e. The number of carbonyl (C=O) groups excluding carboxylic acids is 1. The van der Waals surface area contributed by atoms with Crippen molar-refractivity contribution in [1.82, 2.24) is 24.1 Å². The van der Waals surface area contributed by atoms with E-state index in [9.17, 15) is 4.79 Å². The van der Waals surface area contributed by atoms with Crippen LogP contribution in [0.1, 0.15) is 21.6 Å². The van der Waals surface area contributed by atoms with Crippen LogP contribution in [0.2, 0.25) is 0 Å². The number of benzene rings is 2. The molecular formula is C29H24N6O2. The first-order valence-corrected chi connectivity index (χ1v) is 11.9. The second kappa shape index (κ2) is 8.91. The fraction of sp³-hybridized carbons (Fsp3) is 0.103. The second-order valence-electron chi connectivity index (χ2n) is 8.86. The van der Waals surface area contributed by atoms with Gasteiger partial charge < -0.3 is 14.5 Å². The van der Waals surface area contributed by atoms with E-state index in [1.54, 1.807) is 23.9 Å². The molecule has 1 amide bonds. The molecule has 0 atom stereocenters. The zero-order chi connectivity index (χ0) is 25.5. The van der Waals surface area contributed by atoms with Gasteiger partial charge >= 0.3 is 0 Å². The molecule has 182 valence electrons. The van der Waals surface area contributed by atoms with Gasteiger partial charge in [0.2, 0.25) is 0 Å². The molecule has 0 spiro atoms. The molecule has 0 fully saturated rings. The Kier molecular flexibility index (Phi) is 5.41. The van der Waals surface area contributed by atoms with E-state index in [4.69, 9.17) is 14.7 Å². The number of hydrogen-bond donors (Lipinski definition) is 1. The van der Waals surface area contributed by atoms with Gasteiger partial charge in [-0.15, -0.1) is 0 Å². The SMILES string of the molecule is COc1cccc2c(C)cc(-n3nc(C)cc3NC(=O)c3ccn4cc(-c5ccccc5)nc4c3)nc12. The Morgan fingerprint density at radius 2 is 1.78 bits per heavy atom. The van der Waals surface area contributed by atoms with E-state index in [1.165, 1.54) is 0 Å². The van der Waals surface area contributed by atoms with E-state index in [0.29, 0.717) is 28.6 Å². The molecule has 6 aromatic rings. The maximum atomic E-state index is 13.3. The summed E-state index contributed by atoms with van der Waals surface area (Å²) < 4.78 is 9.08. The molecule has 4 aromatic heterocycles. The van der Waals surface area contributed by atoms with Crippen LogP contribution < -0.4 is 10.1 Å². The van der Waals surface area contributed by atoms with Crippen molar-refractivity contribution < 1.29 is 9.53 Å². The number of amides is 1. The largest absolute Gasteiger partial charge is 0.494 e. The number of imidazole rings is 1. The summed E-state index contributed by atoms with van der Waals surface area (Å²) in [5, 5.41) is 8.60. The summed E-state index contributed by atoms with van der Waals surface area (Å²) in [7, 11) is 1.63. The minimum Gasteiger partial charge on any atom is -0.494 e. The summed E-state index contributed by atoms with van der Waals surface area (Å²) in [6, 6.07) is 23.1. The molecule has 8 nitrogen and oxygen atoms in total. The van der Waals surface area contributed by atoms with Crippen LogP contribution in [0.4, 0.5) is 5.82 Å². The first kappa shape index (κ1) is 22.5. The van der Waals surface area contributed by atoms with Crippen LogP contribution in [-0.2, 0) is 0 Å². The highest BCUT2D eigenvalue weighted by atomic mass is 16.5. The average molecular weight is 489 g/mol. The molecule has 6 rings (SSSR count). The number of methoxy groups -OCH3 is 1. The lowest BCUT2D eigenvalue weighted by Crippen LogP contribution is -2.16. The molecule has 8 heteroatoms. The van der Waals surface area contributed by atoms with Crippen LogP contribution in [0.5, 0.6) is 5.75 Å². The molecule has 2 aromatic carbocycles. The van der Waals surface area contributed by atoms with E-state index >= 15 is 0 Å². The van der Waals surface area contributed by atoms with Gasteiger partial charge in [-0.05, 0) is 43.7 Å². The first-order valence-electron chi connectivity index (χ1n) is 11.9. The van der Waals surface area contributed by atoms with Gasteiger partial charge in [0.25, 0.3) is 5.91 Å². The van der Waals surface area contributed by atoms with E-state index in [1.807, 2.05) is 91.3 Å². The van der Waals surface area contributed by atoms with Crippen molar-refractivity contribution in [3.05, 3.63) is 102 Å². The van der Waals surface area contributed by atoms with Crippen LogP contribution in [0, 0.1) is 13.8 Å². The minimum atomic E-state index is -0.261. The highest BCUT2D eigenvalue weighted by Crippen LogP contribution is 2.29. The van der Waals surface area contributed by atoms with Gasteiger partial charge in [0.1, 0.15) is 22.7 Å². The molecule has 4 heterocycles. The van der Waals surface area contributed by atoms with Crippen LogP contribution in [0.15, 0.2) is 85.2 Å². The molecule has 0 aliphatic rings. The van der Waals surface area contributed by atoms with Crippen LogP contribution in [0.3, 0.4) is 0 Å². The third kappa shape index (κ3) is 4.08. The average Bonchev–Trinajstić information content (AvgIpc) is 3.51. The molecule has 0 aliphatic carbocycles. The number of hydrogen-bond acceptors (Lipinski definition) is 5. The van der Waals surface area contributed by atoms with Gasteiger partial charge in [-0.3, -0.25) is 4.79 Å². The number of para-hydroxylation sites is 1. The molecule has 0 aliphatic heterocycles. The van der Waals surface area contributed by atoms with Crippen molar-refractivity contribution >= 4 is 28.3 Å². The third-order valence-corrected chi connectivity index (χ3v) is 6.30. The molecule has 0 unspecified atom stereocenters. The van der Waals surface area contributed by atoms with Crippen LogP contribution in [0.25, 0.3) is 33.6 Å². The van der Waals surface area contributed by atoms with Gasteiger partial charge in [-0.2, -0.15) is 9.78 Å². The number of anilines is 1. The predicted octanol–water partition coefficient (Wildman–Crippen LogP) is 5.61. The molecule has 0 radical (unpaired) electrons. The third-order valence-electron chi connectivity index (χ3n) is 6.30. The van der Waals surface area contributed by atoms with E-state index < -0.39 is 0 Å². The molecule has 1 N–H and O–H groups in total. The number of pyridine rings is 2. The zero-order valence-electron chi connectivity index (χ0n) is 20.6. The Labute approximate surface area is 213 Å². The van der Waals surface area contributed by atoms with E-state index in [2.05, 4.69) is 10.4 Å². The van der Waals surface area contributed by atoms with Gasteiger partial charge in [-0.25, -0.2) is 9.97 Å². The minimum absolute atomic E-state index is 0.261. The van der Waals surface area contributed by atoms with Crippen molar-refractivity contribution in [2.45, 2.75) is 13.8 Å². The molecule has 0 saturated heterocycles. The van der Waals surface area contributed by atoms with Crippen LogP contribution >= 0.6 is 0 Å². The standard InChI is InChI=1S/C29H24N6O2/c1-18-14-26(31-28-22(18)10-7-11-24(28)37-3)35-27(15-19(2)33-35)32-29(36)21-12-13-34-17-23(30-25(34)16-21)20-8-5-4-6-9-20/h4-17H,1-3H3,(H,32,36). The van der Waals surface area contributed by atoms with E-state index in [0.717, 1.165) is 33.4 Å². The Bertz CT molecular complexity index is 1790. The molecule has 0 saturated carbocycles. The summed E-state index contributed by atoms with van der Waals surface area (Å²) in [5.41, 5.74) is 5.58. The quantitative estimate of drug-likeness (QED) is 0.341. The fourth-order valence-electron chi connectivity index (χ4n) is 4.47. The zero-order valence-corrected chi connectivity index (χ0v) is 20.6. The Morgan fingerprint density at radius 3 is 2.59 bits per heavy atom. The van der Waals surface area contributed by atoms with E-state index in [-0.39, 0.29) is 5.91 Å². The van der Waals surface area contributed by atoms with Gasteiger partial charge in [-0.1, -0.05) is 42.5 Å². The molecule has 0 bridgehead atoms. The summed E-state index contributed by atoms with van der Waals surface area (Å²) in [6.07, 6.45) is 3.79. The predicted molar refractivity (Wildman–Crippen MR) is 143 cm³/mol. The summed E-state index contributed by atoms with van der Waals surface area (Å²) in [6.45, 7) is 3.90. The lowest BCUT2D eigenvalue weighted by molar-refractivity contribution is 0.102. The lowest BCUT2D eigenvalue weighted by atomic mass is 10.1. The molecular weight excluding hydrogens is 464 g/mol. The van der Waals surface area contributed by atoms with Crippen molar-refractivity contribution in [3.8, 4) is 22.8 Å². The number of rotatable bonds is 5. The summed E-state index contributed by atoms with van der Waals surface area (Å²) in [4.78, 5) is 22.8. The Morgan fingerprint density at radius 1 is 0.946 bits per heavy atom. The number of ether oxygens (including phenoxy) is 1.